The Morgan fingerprint density at radius 1 is 1.13 bits per heavy atom. The summed E-state index contributed by atoms with van der Waals surface area (Å²) in [7, 11) is 0. The molecule has 4 rings (SSSR count). The standard InChI is InChI=1S/C24H26N4OS/c1-16-14-20(15-26-21(16)25-4)27-22(29)24(2,3)28(23(27)30)19-12-10-18(11-13-19)17-8-6-5-7-9-17/h10-15,17H,5-9H2,1-3H3. The van der Waals surface area contributed by atoms with Crippen molar-refractivity contribution in [3.05, 3.63) is 59.1 Å². The van der Waals surface area contributed by atoms with E-state index < -0.39 is 5.54 Å². The van der Waals surface area contributed by atoms with Crippen molar-refractivity contribution in [2.75, 3.05) is 9.80 Å². The molecule has 0 unspecified atom stereocenters. The molecule has 1 saturated heterocycles. The van der Waals surface area contributed by atoms with Gasteiger partial charge in [-0.1, -0.05) is 38.0 Å². The second-order valence-corrected chi connectivity index (χ2v) is 9.06. The number of aromatic nitrogens is 1. The second kappa shape index (κ2) is 7.81. The van der Waals surface area contributed by atoms with E-state index in [1.807, 2.05) is 25.7 Å². The molecule has 1 saturated carbocycles. The van der Waals surface area contributed by atoms with Gasteiger partial charge < -0.3 is 9.74 Å². The Morgan fingerprint density at radius 3 is 2.40 bits per heavy atom. The van der Waals surface area contributed by atoms with Crippen LogP contribution in [0.3, 0.4) is 0 Å². The fourth-order valence-corrected chi connectivity index (χ4v) is 5.10. The number of thiocarbonyl (C=S) groups is 1. The minimum absolute atomic E-state index is 0.0966. The number of nitrogens with zero attached hydrogens (tertiary/aromatic N) is 4. The number of pyridine rings is 1. The quantitative estimate of drug-likeness (QED) is 0.459. The molecule has 2 fully saturated rings. The SMILES string of the molecule is [C-]#[N+]c1ncc(N2C(=O)C(C)(C)N(c3ccc(C4CCCCC4)cc3)C2=S)cc1C. The Morgan fingerprint density at radius 2 is 1.80 bits per heavy atom. The first-order valence-electron chi connectivity index (χ1n) is 10.5. The van der Waals surface area contributed by atoms with E-state index in [1.54, 1.807) is 12.3 Å². The van der Waals surface area contributed by atoms with Gasteiger partial charge in [0.1, 0.15) is 11.7 Å². The molecule has 1 aliphatic heterocycles. The monoisotopic (exact) mass is 418 g/mol. The van der Waals surface area contributed by atoms with E-state index >= 15 is 0 Å². The molecule has 1 aromatic heterocycles. The lowest BCUT2D eigenvalue weighted by atomic mass is 9.84. The van der Waals surface area contributed by atoms with Crippen molar-refractivity contribution in [2.45, 2.75) is 64.3 Å². The third-order valence-electron chi connectivity index (χ3n) is 6.30. The van der Waals surface area contributed by atoms with Crippen molar-refractivity contribution in [3.8, 4) is 0 Å². The van der Waals surface area contributed by atoms with Gasteiger partial charge in [-0.3, -0.25) is 9.69 Å². The first-order valence-corrected chi connectivity index (χ1v) is 10.9. The van der Waals surface area contributed by atoms with Gasteiger partial charge in [-0.2, -0.15) is 0 Å². The lowest BCUT2D eigenvalue weighted by molar-refractivity contribution is -0.120. The van der Waals surface area contributed by atoms with Crippen molar-refractivity contribution < 1.29 is 4.79 Å². The number of aryl methyl sites for hydroxylation is 1. The molecule has 1 amide bonds. The predicted octanol–water partition coefficient (Wildman–Crippen LogP) is 5.91. The molecule has 0 atom stereocenters. The van der Waals surface area contributed by atoms with E-state index in [0.717, 1.165) is 11.3 Å². The molecule has 1 aromatic carbocycles. The zero-order valence-electron chi connectivity index (χ0n) is 17.7. The first-order chi connectivity index (χ1) is 14.3. The summed E-state index contributed by atoms with van der Waals surface area (Å²) in [6.45, 7) is 12.8. The van der Waals surface area contributed by atoms with E-state index in [2.05, 4.69) is 34.1 Å². The van der Waals surface area contributed by atoms with Gasteiger partial charge in [0.2, 0.25) is 0 Å². The van der Waals surface area contributed by atoms with Crippen molar-refractivity contribution in [1.82, 2.24) is 4.98 Å². The molecule has 6 heteroatoms. The predicted molar refractivity (Wildman–Crippen MR) is 124 cm³/mol. The topological polar surface area (TPSA) is 40.8 Å². The summed E-state index contributed by atoms with van der Waals surface area (Å²) >= 11 is 5.76. The van der Waals surface area contributed by atoms with Crippen LogP contribution in [0, 0.1) is 13.5 Å². The van der Waals surface area contributed by atoms with Crippen LogP contribution >= 0.6 is 12.2 Å². The van der Waals surface area contributed by atoms with E-state index in [1.165, 1.54) is 42.6 Å². The maximum Gasteiger partial charge on any atom is 0.272 e. The van der Waals surface area contributed by atoms with Gasteiger partial charge in [0.05, 0.1) is 5.69 Å². The van der Waals surface area contributed by atoms with Crippen molar-refractivity contribution in [1.29, 1.82) is 0 Å². The Kier molecular flexibility index (Phi) is 5.33. The zero-order valence-corrected chi connectivity index (χ0v) is 18.5. The minimum atomic E-state index is -0.810. The lowest BCUT2D eigenvalue weighted by Crippen LogP contribution is -2.44. The first kappa shape index (κ1) is 20.5. The average molecular weight is 419 g/mol. The van der Waals surface area contributed by atoms with Crippen molar-refractivity contribution in [3.63, 3.8) is 0 Å². The molecule has 0 spiro atoms. The van der Waals surface area contributed by atoms with E-state index in [-0.39, 0.29) is 5.91 Å². The van der Waals surface area contributed by atoms with Crippen LogP contribution in [-0.4, -0.2) is 21.5 Å². The van der Waals surface area contributed by atoms with Crippen LogP contribution in [0.1, 0.15) is 63.0 Å². The highest BCUT2D eigenvalue weighted by atomic mass is 32.1. The summed E-state index contributed by atoms with van der Waals surface area (Å²) in [6.07, 6.45) is 8.01. The minimum Gasteiger partial charge on any atom is -0.360 e. The Bertz CT molecular complexity index is 1030. The van der Waals surface area contributed by atoms with Crippen LogP contribution in [0.25, 0.3) is 4.85 Å². The molecule has 2 aromatic rings. The molecular weight excluding hydrogens is 392 g/mol. The van der Waals surface area contributed by atoms with Crippen LogP contribution in [0.2, 0.25) is 0 Å². The van der Waals surface area contributed by atoms with Crippen LogP contribution in [0.15, 0.2) is 36.5 Å². The summed E-state index contributed by atoms with van der Waals surface area (Å²) in [4.78, 5) is 24.4. The van der Waals surface area contributed by atoms with E-state index in [9.17, 15) is 4.79 Å². The van der Waals surface area contributed by atoms with Gasteiger partial charge in [-0.15, -0.1) is 4.98 Å². The number of anilines is 2. The fraction of sp³-hybridized carbons (Fsp3) is 0.417. The number of carbonyl (C=O) groups excluding carboxylic acids is 1. The number of hydrogen-bond acceptors (Lipinski definition) is 3. The number of hydrogen-bond donors (Lipinski definition) is 0. The van der Waals surface area contributed by atoms with Crippen molar-refractivity contribution in [2.24, 2.45) is 0 Å². The normalized spacial score (nSPS) is 19.3. The summed E-state index contributed by atoms with van der Waals surface area (Å²) in [5, 5.41) is 0.437. The average Bonchev–Trinajstić information content (AvgIpc) is 2.92. The maximum absolute atomic E-state index is 13.3. The zero-order chi connectivity index (χ0) is 21.5. The summed E-state index contributed by atoms with van der Waals surface area (Å²) in [6, 6.07) is 10.3. The molecule has 5 nitrogen and oxygen atoms in total. The highest BCUT2D eigenvalue weighted by Gasteiger charge is 2.50. The maximum atomic E-state index is 13.3. The molecule has 0 radical (unpaired) electrons. The van der Waals surface area contributed by atoms with E-state index in [0.29, 0.717) is 22.5 Å². The van der Waals surface area contributed by atoms with Gasteiger partial charge >= 0.3 is 0 Å². The van der Waals surface area contributed by atoms with Crippen LogP contribution in [-0.2, 0) is 4.79 Å². The second-order valence-electron chi connectivity index (χ2n) is 8.69. The van der Waals surface area contributed by atoms with Crippen molar-refractivity contribution >= 4 is 40.4 Å². The molecule has 30 heavy (non-hydrogen) atoms. The third-order valence-corrected chi connectivity index (χ3v) is 6.66. The lowest BCUT2D eigenvalue weighted by Gasteiger charge is -2.30. The summed E-state index contributed by atoms with van der Waals surface area (Å²) in [5.41, 5.74) is 2.81. The number of benzene rings is 1. The fourth-order valence-electron chi connectivity index (χ4n) is 4.58. The van der Waals surface area contributed by atoms with Gasteiger partial charge in [-0.25, -0.2) is 0 Å². The van der Waals surface area contributed by atoms with E-state index in [4.69, 9.17) is 18.8 Å². The largest absolute Gasteiger partial charge is 0.360 e. The molecule has 0 bridgehead atoms. The van der Waals surface area contributed by atoms with Crippen LogP contribution in [0.5, 0.6) is 0 Å². The third kappa shape index (κ3) is 3.37. The molecular formula is C24H26N4OS. The van der Waals surface area contributed by atoms with Gasteiger partial charge in [0.15, 0.2) is 5.11 Å². The molecule has 2 aliphatic rings. The molecule has 0 N–H and O–H groups in total. The van der Waals surface area contributed by atoms with Gasteiger partial charge in [0, 0.05) is 5.69 Å². The van der Waals surface area contributed by atoms with Gasteiger partial charge in [-0.05, 0) is 81.1 Å². The molecule has 1 aliphatic carbocycles. The number of rotatable bonds is 3. The summed E-state index contributed by atoms with van der Waals surface area (Å²) in [5.74, 6) is 0.880. The van der Waals surface area contributed by atoms with Crippen LogP contribution < -0.4 is 9.80 Å². The Hall–Kier alpha value is -2.78. The smallest absolute Gasteiger partial charge is 0.272 e. The Balaban J connectivity index is 1.65. The molecule has 154 valence electrons. The highest BCUT2D eigenvalue weighted by molar-refractivity contribution is 7.81. The number of amides is 1. The van der Waals surface area contributed by atoms with Gasteiger partial charge in [0.25, 0.3) is 11.7 Å². The molecule has 2 heterocycles. The Labute approximate surface area is 183 Å². The highest BCUT2D eigenvalue weighted by Crippen LogP contribution is 2.38. The number of carbonyl (C=O) groups is 1. The van der Waals surface area contributed by atoms with Crippen LogP contribution in [0.4, 0.5) is 17.2 Å². The summed E-state index contributed by atoms with van der Waals surface area (Å²) < 4.78 is 0.